The number of nitrogens with two attached hydrogens (primary N) is 1. The lowest BCUT2D eigenvalue weighted by molar-refractivity contribution is 0.192. The number of ether oxygens (including phenoxy) is 1. The summed E-state index contributed by atoms with van der Waals surface area (Å²) in [6.07, 6.45) is 1.94. The molecule has 0 saturated heterocycles. The van der Waals surface area contributed by atoms with E-state index in [1.807, 2.05) is 0 Å². The minimum Gasteiger partial charge on any atom is -0.409 e. The standard InChI is InChI=1S/C13H20FN3O2/c1-19-8-3-2-7-16-9-10-5-4-6-11(12(10)14)13(15)17-18/h4-6,16,18H,2-3,7-9H2,1H3,(H2,15,17). The molecule has 0 amide bonds. The van der Waals surface area contributed by atoms with Gasteiger partial charge in [-0.2, -0.15) is 0 Å². The maximum atomic E-state index is 14.0. The average Bonchev–Trinajstić information content (AvgIpc) is 2.43. The number of amidine groups is 1. The molecule has 0 unspecified atom stereocenters. The Kier molecular flexibility index (Phi) is 6.84. The fourth-order valence-electron chi connectivity index (χ4n) is 1.69. The van der Waals surface area contributed by atoms with E-state index in [9.17, 15) is 4.39 Å². The van der Waals surface area contributed by atoms with Gasteiger partial charge in [-0.1, -0.05) is 17.3 Å². The molecule has 5 nitrogen and oxygen atoms in total. The second-order valence-electron chi connectivity index (χ2n) is 4.14. The number of nitrogens with one attached hydrogen (secondary N) is 1. The summed E-state index contributed by atoms with van der Waals surface area (Å²) in [7, 11) is 1.67. The van der Waals surface area contributed by atoms with E-state index in [4.69, 9.17) is 15.7 Å². The molecule has 0 heterocycles. The Morgan fingerprint density at radius 2 is 2.26 bits per heavy atom. The van der Waals surface area contributed by atoms with Crippen molar-refractivity contribution >= 4 is 5.84 Å². The highest BCUT2D eigenvalue weighted by Crippen LogP contribution is 2.12. The van der Waals surface area contributed by atoms with Gasteiger partial charge in [-0.15, -0.1) is 0 Å². The van der Waals surface area contributed by atoms with Crippen LogP contribution in [-0.4, -0.2) is 31.3 Å². The van der Waals surface area contributed by atoms with Gasteiger partial charge in [-0.25, -0.2) is 4.39 Å². The fraction of sp³-hybridized carbons (Fsp3) is 0.462. The van der Waals surface area contributed by atoms with E-state index in [1.165, 1.54) is 6.07 Å². The van der Waals surface area contributed by atoms with E-state index in [0.717, 1.165) is 26.0 Å². The Morgan fingerprint density at radius 1 is 1.47 bits per heavy atom. The lowest BCUT2D eigenvalue weighted by atomic mass is 10.1. The Bertz CT molecular complexity index is 424. The number of rotatable bonds is 8. The monoisotopic (exact) mass is 269 g/mol. The van der Waals surface area contributed by atoms with Crippen LogP contribution in [0.5, 0.6) is 0 Å². The molecule has 0 saturated carbocycles. The van der Waals surface area contributed by atoms with Crippen molar-refractivity contribution in [3.63, 3.8) is 0 Å². The number of benzene rings is 1. The van der Waals surface area contributed by atoms with Crippen LogP contribution >= 0.6 is 0 Å². The fourth-order valence-corrected chi connectivity index (χ4v) is 1.69. The second-order valence-corrected chi connectivity index (χ2v) is 4.14. The Labute approximate surface area is 112 Å². The lowest BCUT2D eigenvalue weighted by Crippen LogP contribution is -2.19. The number of halogens is 1. The number of hydrogen-bond acceptors (Lipinski definition) is 4. The largest absolute Gasteiger partial charge is 0.409 e. The average molecular weight is 269 g/mol. The van der Waals surface area contributed by atoms with Gasteiger partial charge in [0.2, 0.25) is 0 Å². The molecule has 1 rings (SSSR count). The van der Waals surface area contributed by atoms with Crippen molar-refractivity contribution in [1.29, 1.82) is 0 Å². The van der Waals surface area contributed by atoms with Gasteiger partial charge >= 0.3 is 0 Å². The van der Waals surface area contributed by atoms with Crippen LogP contribution in [0.3, 0.4) is 0 Å². The van der Waals surface area contributed by atoms with Crippen molar-refractivity contribution < 1.29 is 14.3 Å². The molecule has 6 heteroatoms. The minimum absolute atomic E-state index is 0.112. The molecule has 0 fully saturated rings. The number of nitrogens with zero attached hydrogens (tertiary/aromatic N) is 1. The summed E-state index contributed by atoms with van der Waals surface area (Å²) in [6.45, 7) is 1.93. The third-order valence-electron chi connectivity index (χ3n) is 2.73. The summed E-state index contributed by atoms with van der Waals surface area (Å²) >= 11 is 0. The molecule has 0 aromatic heterocycles. The first-order valence-electron chi connectivity index (χ1n) is 6.15. The molecule has 106 valence electrons. The van der Waals surface area contributed by atoms with Crippen molar-refractivity contribution in [2.45, 2.75) is 19.4 Å². The van der Waals surface area contributed by atoms with Crippen molar-refractivity contribution in [3.05, 3.63) is 35.1 Å². The summed E-state index contributed by atoms with van der Waals surface area (Å²) < 4.78 is 18.9. The van der Waals surface area contributed by atoms with Crippen LogP contribution < -0.4 is 11.1 Å². The van der Waals surface area contributed by atoms with Crippen LogP contribution in [0.1, 0.15) is 24.0 Å². The van der Waals surface area contributed by atoms with Gasteiger partial charge in [0.15, 0.2) is 5.84 Å². The van der Waals surface area contributed by atoms with Crippen LogP contribution in [0.15, 0.2) is 23.4 Å². The zero-order valence-corrected chi connectivity index (χ0v) is 11.0. The Hall–Kier alpha value is -1.66. The Balaban J connectivity index is 2.50. The molecule has 1 aromatic rings. The molecule has 0 atom stereocenters. The van der Waals surface area contributed by atoms with E-state index in [2.05, 4.69) is 10.5 Å². The summed E-state index contributed by atoms with van der Waals surface area (Å²) in [5, 5.41) is 14.5. The highest BCUT2D eigenvalue weighted by molar-refractivity contribution is 5.97. The number of oxime groups is 1. The predicted octanol–water partition coefficient (Wildman–Crippen LogP) is 1.44. The molecule has 19 heavy (non-hydrogen) atoms. The van der Waals surface area contributed by atoms with Gasteiger partial charge < -0.3 is 21.0 Å². The number of hydrogen-bond donors (Lipinski definition) is 3. The van der Waals surface area contributed by atoms with Crippen molar-refractivity contribution in [1.82, 2.24) is 5.32 Å². The molecule has 0 aliphatic rings. The van der Waals surface area contributed by atoms with Crippen LogP contribution in [0.4, 0.5) is 4.39 Å². The van der Waals surface area contributed by atoms with Gasteiger partial charge in [0.05, 0.1) is 5.56 Å². The third kappa shape index (κ3) is 4.84. The van der Waals surface area contributed by atoms with Crippen LogP contribution in [0.25, 0.3) is 0 Å². The first-order valence-corrected chi connectivity index (χ1v) is 6.15. The van der Waals surface area contributed by atoms with E-state index < -0.39 is 5.82 Å². The quantitative estimate of drug-likeness (QED) is 0.219. The predicted molar refractivity (Wildman–Crippen MR) is 71.7 cm³/mol. The van der Waals surface area contributed by atoms with Crippen molar-refractivity contribution in [2.24, 2.45) is 10.9 Å². The summed E-state index contributed by atoms with van der Waals surface area (Å²) in [5.41, 5.74) is 6.01. The molecule has 0 spiro atoms. The van der Waals surface area contributed by atoms with E-state index in [1.54, 1.807) is 19.2 Å². The maximum absolute atomic E-state index is 14.0. The van der Waals surface area contributed by atoms with Gasteiger partial charge in [0.1, 0.15) is 5.82 Å². The molecule has 0 aliphatic carbocycles. The van der Waals surface area contributed by atoms with Crippen LogP contribution in [0.2, 0.25) is 0 Å². The topological polar surface area (TPSA) is 79.9 Å². The normalized spacial score (nSPS) is 11.8. The van der Waals surface area contributed by atoms with E-state index >= 15 is 0 Å². The van der Waals surface area contributed by atoms with Crippen LogP contribution in [-0.2, 0) is 11.3 Å². The molecular weight excluding hydrogens is 249 g/mol. The van der Waals surface area contributed by atoms with Crippen molar-refractivity contribution in [3.8, 4) is 0 Å². The zero-order chi connectivity index (χ0) is 14.1. The summed E-state index contributed by atoms with van der Waals surface area (Å²) in [6, 6.07) is 4.83. The van der Waals surface area contributed by atoms with Gasteiger partial charge in [0.25, 0.3) is 0 Å². The molecule has 0 bridgehead atoms. The maximum Gasteiger partial charge on any atom is 0.173 e. The molecule has 1 aromatic carbocycles. The van der Waals surface area contributed by atoms with Gasteiger partial charge in [-0.05, 0) is 25.5 Å². The van der Waals surface area contributed by atoms with E-state index in [-0.39, 0.29) is 11.4 Å². The van der Waals surface area contributed by atoms with Gasteiger partial charge in [0, 0.05) is 25.8 Å². The minimum atomic E-state index is -0.456. The zero-order valence-electron chi connectivity index (χ0n) is 11.0. The molecule has 4 N–H and O–H groups in total. The Morgan fingerprint density at radius 3 is 2.95 bits per heavy atom. The number of methoxy groups -OCH3 is 1. The number of unbranched alkanes of at least 4 members (excludes halogenated alkanes) is 1. The highest BCUT2D eigenvalue weighted by Gasteiger charge is 2.10. The summed E-state index contributed by atoms with van der Waals surface area (Å²) in [4.78, 5) is 0. The summed E-state index contributed by atoms with van der Waals surface area (Å²) in [5.74, 6) is -0.679. The smallest absolute Gasteiger partial charge is 0.173 e. The molecule has 0 radical (unpaired) electrons. The first-order chi connectivity index (χ1) is 9.20. The molecule has 0 aliphatic heterocycles. The second kappa shape index (κ2) is 8.44. The van der Waals surface area contributed by atoms with Gasteiger partial charge in [-0.3, -0.25) is 0 Å². The van der Waals surface area contributed by atoms with Crippen LogP contribution in [0, 0.1) is 5.82 Å². The SMILES string of the molecule is COCCCCNCc1cccc(/C(N)=N/O)c1F. The van der Waals surface area contributed by atoms with E-state index in [0.29, 0.717) is 12.1 Å². The van der Waals surface area contributed by atoms with Crippen molar-refractivity contribution in [2.75, 3.05) is 20.3 Å². The third-order valence-corrected chi connectivity index (χ3v) is 2.73. The lowest BCUT2D eigenvalue weighted by Gasteiger charge is -2.08. The highest BCUT2D eigenvalue weighted by atomic mass is 19.1. The molecular formula is C13H20FN3O2. The first kappa shape index (κ1) is 15.4.